The van der Waals surface area contributed by atoms with Crippen molar-refractivity contribution in [1.82, 2.24) is 0 Å². The summed E-state index contributed by atoms with van der Waals surface area (Å²) in [6.07, 6.45) is 1.19. The second kappa shape index (κ2) is 3.15. The van der Waals surface area contributed by atoms with Crippen molar-refractivity contribution in [2.24, 2.45) is 0 Å². The molecule has 1 aromatic carbocycles. The number of para-hydroxylation sites is 1. The maximum absolute atomic E-state index is 5.50. The van der Waals surface area contributed by atoms with Crippen LogP contribution in [0.5, 0.6) is 5.75 Å². The minimum atomic E-state index is 0.222. The van der Waals surface area contributed by atoms with Gasteiger partial charge in [-0.1, -0.05) is 18.2 Å². The van der Waals surface area contributed by atoms with Crippen LogP contribution in [-0.2, 0) is 11.2 Å². The first-order chi connectivity index (χ1) is 5.90. The Balaban J connectivity index is 2.23. The normalized spacial score (nSPS) is 21.2. The van der Waals surface area contributed by atoms with Crippen LogP contribution in [0.25, 0.3) is 0 Å². The lowest BCUT2D eigenvalue weighted by Gasteiger charge is -2.23. The van der Waals surface area contributed by atoms with Gasteiger partial charge in [0.25, 0.3) is 0 Å². The number of rotatable bonds is 1. The first-order valence-corrected chi connectivity index (χ1v) is 4.13. The number of benzene rings is 1. The van der Waals surface area contributed by atoms with E-state index in [1.54, 1.807) is 7.11 Å². The molecule has 64 valence electrons. The molecule has 0 bridgehead atoms. The average molecular weight is 164 g/mol. The summed E-state index contributed by atoms with van der Waals surface area (Å²) >= 11 is 0. The van der Waals surface area contributed by atoms with Gasteiger partial charge in [0.2, 0.25) is 0 Å². The van der Waals surface area contributed by atoms with Gasteiger partial charge in [-0.15, -0.1) is 0 Å². The Morgan fingerprint density at radius 3 is 3.08 bits per heavy atom. The van der Waals surface area contributed by atoms with Gasteiger partial charge >= 0.3 is 0 Å². The molecule has 0 saturated carbocycles. The standard InChI is InChI=1S/C10H12O2/c1-11-9-6-8-4-2-3-5-10(8)12-7-9/h2-5,9H,6-7H2,1H3/t9-/m1/s1. The minimum Gasteiger partial charge on any atom is -0.491 e. The molecule has 0 unspecified atom stereocenters. The lowest BCUT2D eigenvalue weighted by molar-refractivity contribution is 0.0467. The molecule has 2 nitrogen and oxygen atoms in total. The molecule has 1 aliphatic rings. The van der Waals surface area contributed by atoms with Crippen molar-refractivity contribution in [3.63, 3.8) is 0 Å². The number of hydrogen-bond acceptors (Lipinski definition) is 2. The van der Waals surface area contributed by atoms with Gasteiger partial charge in [-0.2, -0.15) is 0 Å². The van der Waals surface area contributed by atoms with Crippen LogP contribution in [-0.4, -0.2) is 19.8 Å². The zero-order valence-corrected chi connectivity index (χ0v) is 7.12. The summed E-state index contributed by atoms with van der Waals surface area (Å²) < 4.78 is 10.7. The van der Waals surface area contributed by atoms with E-state index >= 15 is 0 Å². The first kappa shape index (κ1) is 7.62. The highest BCUT2D eigenvalue weighted by Crippen LogP contribution is 2.24. The third-order valence-electron chi connectivity index (χ3n) is 2.18. The fourth-order valence-electron chi connectivity index (χ4n) is 1.45. The summed E-state index contributed by atoms with van der Waals surface area (Å²) in [5.41, 5.74) is 1.25. The van der Waals surface area contributed by atoms with Crippen molar-refractivity contribution in [2.75, 3.05) is 13.7 Å². The van der Waals surface area contributed by atoms with E-state index < -0.39 is 0 Å². The summed E-state index contributed by atoms with van der Waals surface area (Å²) in [5.74, 6) is 1.01. The maximum atomic E-state index is 5.50. The van der Waals surface area contributed by atoms with Crippen LogP contribution in [0, 0.1) is 0 Å². The summed E-state index contributed by atoms with van der Waals surface area (Å²) in [5, 5.41) is 0. The molecule has 12 heavy (non-hydrogen) atoms. The van der Waals surface area contributed by atoms with Crippen LogP contribution in [0.1, 0.15) is 5.56 Å². The van der Waals surface area contributed by atoms with E-state index in [-0.39, 0.29) is 6.10 Å². The fraction of sp³-hybridized carbons (Fsp3) is 0.400. The predicted molar refractivity (Wildman–Crippen MR) is 46.4 cm³/mol. The molecule has 0 amide bonds. The second-order valence-corrected chi connectivity index (χ2v) is 2.98. The van der Waals surface area contributed by atoms with Gasteiger partial charge in [0.15, 0.2) is 0 Å². The van der Waals surface area contributed by atoms with Gasteiger partial charge in [-0.25, -0.2) is 0 Å². The molecule has 2 heteroatoms. The van der Waals surface area contributed by atoms with Gasteiger partial charge in [0.1, 0.15) is 12.4 Å². The second-order valence-electron chi connectivity index (χ2n) is 2.98. The SMILES string of the molecule is CO[C@H]1COc2ccccc2C1. The lowest BCUT2D eigenvalue weighted by atomic mass is 10.1. The van der Waals surface area contributed by atoms with Gasteiger partial charge in [0, 0.05) is 13.5 Å². The van der Waals surface area contributed by atoms with Gasteiger partial charge in [-0.05, 0) is 11.6 Å². The van der Waals surface area contributed by atoms with E-state index in [9.17, 15) is 0 Å². The molecule has 0 spiro atoms. The highest BCUT2D eigenvalue weighted by atomic mass is 16.5. The number of fused-ring (bicyclic) bond motifs is 1. The quantitative estimate of drug-likeness (QED) is 0.628. The molecule has 0 radical (unpaired) electrons. The Labute approximate surface area is 72.1 Å². The number of methoxy groups -OCH3 is 1. The highest BCUT2D eigenvalue weighted by Gasteiger charge is 2.17. The van der Waals surface area contributed by atoms with Crippen LogP contribution in [0.3, 0.4) is 0 Å². The van der Waals surface area contributed by atoms with Crippen molar-refractivity contribution < 1.29 is 9.47 Å². The molecule has 2 rings (SSSR count). The molecule has 0 aromatic heterocycles. The van der Waals surface area contributed by atoms with Gasteiger partial charge < -0.3 is 9.47 Å². The van der Waals surface area contributed by atoms with Crippen LogP contribution in [0.2, 0.25) is 0 Å². The average Bonchev–Trinajstić information content (AvgIpc) is 2.17. The fourth-order valence-corrected chi connectivity index (χ4v) is 1.45. The van der Waals surface area contributed by atoms with E-state index in [4.69, 9.17) is 9.47 Å². The first-order valence-electron chi connectivity index (χ1n) is 4.13. The van der Waals surface area contributed by atoms with E-state index in [0.717, 1.165) is 12.2 Å². The maximum Gasteiger partial charge on any atom is 0.122 e. The zero-order valence-electron chi connectivity index (χ0n) is 7.12. The Hall–Kier alpha value is -1.02. The molecule has 0 N–H and O–H groups in total. The Bertz CT molecular complexity index is 270. The monoisotopic (exact) mass is 164 g/mol. The number of hydrogen-bond donors (Lipinski definition) is 0. The van der Waals surface area contributed by atoms with Crippen molar-refractivity contribution in [3.05, 3.63) is 29.8 Å². The summed E-state index contributed by atoms with van der Waals surface area (Å²) in [6.45, 7) is 0.674. The molecule has 1 heterocycles. The summed E-state index contributed by atoms with van der Waals surface area (Å²) in [6, 6.07) is 8.11. The smallest absolute Gasteiger partial charge is 0.122 e. The molecule has 1 aromatic rings. The molecule has 1 aliphatic heterocycles. The molecule has 0 aliphatic carbocycles. The van der Waals surface area contributed by atoms with Crippen LogP contribution >= 0.6 is 0 Å². The topological polar surface area (TPSA) is 18.5 Å². The Morgan fingerprint density at radius 1 is 1.42 bits per heavy atom. The molecular weight excluding hydrogens is 152 g/mol. The molecule has 0 saturated heterocycles. The molecule has 0 fully saturated rings. The van der Waals surface area contributed by atoms with Crippen molar-refractivity contribution in [1.29, 1.82) is 0 Å². The minimum absolute atomic E-state index is 0.222. The van der Waals surface area contributed by atoms with Gasteiger partial charge in [0.05, 0.1) is 6.10 Å². The Kier molecular flexibility index (Phi) is 2.00. The van der Waals surface area contributed by atoms with E-state index in [2.05, 4.69) is 6.07 Å². The van der Waals surface area contributed by atoms with Crippen LogP contribution in [0.15, 0.2) is 24.3 Å². The van der Waals surface area contributed by atoms with E-state index in [0.29, 0.717) is 6.61 Å². The molecule has 1 atom stereocenters. The van der Waals surface area contributed by atoms with Crippen molar-refractivity contribution in [2.45, 2.75) is 12.5 Å². The molecular formula is C10H12O2. The summed E-state index contributed by atoms with van der Waals surface area (Å²) in [7, 11) is 1.72. The third kappa shape index (κ3) is 1.30. The van der Waals surface area contributed by atoms with Crippen LogP contribution in [0.4, 0.5) is 0 Å². The lowest BCUT2D eigenvalue weighted by Crippen LogP contribution is -2.27. The zero-order chi connectivity index (χ0) is 8.39. The van der Waals surface area contributed by atoms with Crippen molar-refractivity contribution >= 4 is 0 Å². The van der Waals surface area contributed by atoms with Gasteiger partial charge in [-0.3, -0.25) is 0 Å². The van der Waals surface area contributed by atoms with Crippen LogP contribution < -0.4 is 4.74 Å². The number of ether oxygens (including phenoxy) is 2. The largest absolute Gasteiger partial charge is 0.491 e. The predicted octanol–water partition coefficient (Wildman–Crippen LogP) is 1.64. The van der Waals surface area contributed by atoms with E-state index in [1.165, 1.54) is 5.56 Å². The van der Waals surface area contributed by atoms with E-state index in [1.807, 2.05) is 18.2 Å². The Morgan fingerprint density at radius 2 is 2.25 bits per heavy atom. The third-order valence-corrected chi connectivity index (χ3v) is 2.18. The summed E-state index contributed by atoms with van der Waals surface area (Å²) in [4.78, 5) is 0. The van der Waals surface area contributed by atoms with Crippen molar-refractivity contribution in [3.8, 4) is 5.75 Å². The highest BCUT2D eigenvalue weighted by molar-refractivity contribution is 5.35.